The van der Waals surface area contributed by atoms with Crippen LogP contribution in [-0.4, -0.2) is 21.2 Å². The average molecular weight is 218 g/mol. The van der Waals surface area contributed by atoms with E-state index in [1.165, 1.54) is 12.1 Å². The molecule has 0 saturated carbocycles. The molecule has 82 valence electrons. The lowest BCUT2D eigenvalue weighted by atomic mass is 10.1. The van der Waals surface area contributed by atoms with Crippen LogP contribution >= 0.6 is 0 Å². The van der Waals surface area contributed by atoms with Crippen molar-refractivity contribution in [1.29, 1.82) is 0 Å². The molecule has 5 nitrogen and oxygen atoms in total. The number of carboxylic acids is 1. The Hall–Kier alpha value is -2.17. The van der Waals surface area contributed by atoms with Gasteiger partial charge in [0.1, 0.15) is 0 Å². The Morgan fingerprint density at radius 1 is 1.38 bits per heavy atom. The van der Waals surface area contributed by atoms with E-state index in [0.29, 0.717) is 18.1 Å². The topological polar surface area (TPSA) is 76.2 Å². The van der Waals surface area contributed by atoms with Crippen LogP contribution in [0.5, 0.6) is 0 Å². The molecule has 0 aliphatic rings. The quantitative estimate of drug-likeness (QED) is 0.852. The molecule has 1 aromatic carbocycles. The van der Waals surface area contributed by atoms with Gasteiger partial charge in [-0.25, -0.2) is 4.79 Å². The number of benzene rings is 1. The van der Waals surface area contributed by atoms with E-state index in [-0.39, 0.29) is 5.56 Å². The SMILES string of the molecule is CCc1noc(-c2ccc(C(=O)O)cc2)n1. The minimum Gasteiger partial charge on any atom is -0.478 e. The number of hydrogen-bond acceptors (Lipinski definition) is 4. The lowest BCUT2D eigenvalue weighted by molar-refractivity contribution is 0.0697. The molecule has 2 aromatic rings. The minimum atomic E-state index is -0.952. The van der Waals surface area contributed by atoms with Crippen LogP contribution in [0.4, 0.5) is 0 Å². The van der Waals surface area contributed by atoms with Crippen LogP contribution in [0.3, 0.4) is 0 Å². The van der Waals surface area contributed by atoms with Crippen molar-refractivity contribution in [3.8, 4) is 11.5 Å². The van der Waals surface area contributed by atoms with Gasteiger partial charge in [-0.05, 0) is 24.3 Å². The van der Waals surface area contributed by atoms with E-state index in [1.54, 1.807) is 12.1 Å². The van der Waals surface area contributed by atoms with Crippen LogP contribution in [0.25, 0.3) is 11.5 Å². The minimum absolute atomic E-state index is 0.235. The number of hydrogen-bond donors (Lipinski definition) is 1. The molecule has 0 aliphatic heterocycles. The first-order valence-corrected chi connectivity index (χ1v) is 4.87. The van der Waals surface area contributed by atoms with Gasteiger partial charge >= 0.3 is 5.97 Å². The molecular weight excluding hydrogens is 208 g/mol. The second-order valence-electron chi connectivity index (χ2n) is 3.25. The van der Waals surface area contributed by atoms with Gasteiger partial charge < -0.3 is 9.63 Å². The van der Waals surface area contributed by atoms with Crippen molar-refractivity contribution in [2.45, 2.75) is 13.3 Å². The van der Waals surface area contributed by atoms with Gasteiger partial charge in [0.25, 0.3) is 5.89 Å². The zero-order chi connectivity index (χ0) is 11.5. The summed E-state index contributed by atoms with van der Waals surface area (Å²) in [6.45, 7) is 1.93. The van der Waals surface area contributed by atoms with E-state index in [1.807, 2.05) is 6.92 Å². The fraction of sp³-hybridized carbons (Fsp3) is 0.182. The number of rotatable bonds is 3. The number of aromatic carboxylic acids is 1. The van der Waals surface area contributed by atoms with Crippen molar-refractivity contribution in [3.05, 3.63) is 35.7 Å². The Balaban J connectivity index is 2.30. The summed E-state index contributed by atoms with van der Waals surface area (Å²) in [6, 6.07) is 6.31. The molecule has 0 aliphatic carbocycles. The van der Waals surface area contributed by atoms with Crippen molar-refractivity contribution in [2.24, 2.45) is 0 Å². The van der Waals surface area contributed by atoms with Crippen molar-refractivity contribution in [1.82, 2.24) is 10.1 Å². The molecule has 0 atom stereocenters. The number of carbonyl (C=O) groups is 1. The third kappa shape index (κ3) is 1.93. The highest BCUT2D eigenvalue weighted by Gasteiger charge is 2.08. The third-order valence-corrected chi connectivity index (χ3v) is 2.16. The summed E-state index contributed by atoms with van der Waals surface area (Å²) in [6.07, 6.45) is 0.705. The molecular formula is C11H10N2O3. The highest BCUT2D eigenvalue weighted by atomic mass is 16.5. The van der Waals surface area contributed by atoms with Gasteiger partial charge in [-0.3, -0.25) is 0 Å². The van der Waals surface area contributed by atoms with Crippen LogP contribution in [0, 0.1) is 0 Å². The fourth-order valence-corrected chi connectivity index (χ4v) is 1.27. The Bertz CT molecular complexity index is 502. The van der Waals surface area contributed by atoms with Crippen molar-refractivity contribution >= 4 is 5.97 Å². The lowest BCUT2D eigenvalue weighted by Gasteiger charge is -1.95. The van der Waals surface area contributed by atoms with E-state index in [9.17, 15) is 4.79 Å². The molecule has 16 heavy (non-hydrogen) atoms. The van der Waals surface area contributed by atoms with Gasteiger partial charge in [-0.2, -0.15) is 4.98 Å². The van der Waals surface area contributed by atoms with Crippen LogP contribution in [-0.2, 0) is 6.42 Å². The van der Waals surface area contributed by atoms with Gasteiger partial charge in [0.05, 0.1) is 5.56 Å². The second kappa shape index (κ2) is 4.14. The van der Waals surface area contributed by atoms with E-state index < -0.39 is 5.97 Å². The zero-order valence-corrected chi connectivity index (χ0v) is 8.67. The molecule has 2 rings (SSSR count). The monoisotopic (exact) mass is 218 g/mol. The van der Waals surface area contributed by atoms with Gasteiger partial charge in [-0.15, -0.1) is 0 Å². The maximum absolute atomic E-state index is 10.6. The first-order valence-electron chi connectivity index (χ1n) is 4.87. The van der Waals surface area contributed by atoms with Gasteiger partial charge in [-0.1, -0.05) is 12.1 Å². The second-order valence-corrected chi connectivity index (χ2v) is 3.25. The van der Waals surface area contributed by atoms with Crippen LogP contribution in [0.15, 0.2) is 28.8 Å². The molecule has 0 radical (unpaired) electrons. The molecule has 1 heterocycles. The Morgan fingerprint density at radius 2 is 2.06 bits per heavy atom. The smallest absolute Gasteiger partial charge is 0.335 e. The molecule has 1 N–H and O–H groups in total. The molecule has 0 bridgehead atoms. The average Bonchev–Trinajstić information content (AvgIpc) is 2.77. The molecule has 0 saturated heterocycles. The maximum atomic E-state index is 10.6. The first-order chi connectivity index (χ1) is 7.70. The Labute approximate surface area is 91.7 Å². The first kappa shape index (κ1) is 10.4. The number of aryl methyl sites for hydroxylation is 1. The summed E-state index contributed by atoms with van der Waals surface area (Å²) in [7, 11) is 0. The summed E-state index contributed by atoms with van der Waals surface area (Å²) in [4.78, 5) is 14.8. The van der Waals surface area contributed by atoms with Crippen molar-refractivity contribution < 1.29 is 14.4 Å². The Kier molecular flexibility index (Phi) is 2.68. The molecule has 0 unspecified atom stereocenters. The summed E-state index contributed by atoms with van der Waals surface area (Å²) in [5, 5.41) is 12.5. The number of nitrogens with zero attached hydrogens (tertiary/aromatic N) is 2. The van der Waals surface area contributed by atoms with Crippen LogP contribution < -0.4 is 0 Å². The molecule has 1 aromatic heterocycles. The van der Waals surface area contributed by atoms with E-state index in [4.69, 9.17) is 9.63 Å². The van der Waals surface area contributed by atoms with Gasteiger partial charge in [0, 0.05) is 12.0 Å². The van der Waals surface area contributed by atoms with E-state index in [0.717, 1.165) is 5.56 Å². The predicted molar refractivity (Wildman–Crippen MR) is 56.1 cm³/mol. The van der Waals surface area contributed by atoms with Gasteiger partial charge in [0.15, 0.2) is 5.82 Å². The van der Waals surface area contributed by atoms with E-state index >= 15 is 0 Å². The summed E-state index contributed by atoms with van der Waals surface area (Å²) in [5.41, 5.74) is 0.955. The number of aromatic nitrogens is 2. The van der Waals surface area contributed by atoms with Crippen molar-refractivity contribution in [2.75, 3.05) is 0 Å². The van der Waals surface area contributed by atoms with E-state index in [2.05, 4.69) is 10.1 Å². The molecule has 0 fully saturated rings. The molecule has 0 spiro atoms. The normalized spacial score (nSPS) is 10.3. The summed E-state index contributed by atoms with van der Waals surface area (Å²) in [5.74, 6) is 0.0948. The maximum Gasteiger partial charge on any atom is 0.335 e. The fourth-order valence-electron chi connectivity index (χ4n) is 1.27. The Morgan fingerprint density at radius 3 is 2.56 bits per heavy atom. The summed E-state index contributed by atoms with van der Waals surface area (Å²) >= 11 is 0. The molecule has 0 amide bonds. The lowest BCUT2D eigenvalue weighted by Crippen LogP contribution is -1.94. The van der Waals surface area contributed by atoms with Gasteiger partial charge in [0.2, 0.25) is 0 Å². The highest BCUT2D eigenvalue weighted by Crippen LogP contribution is 2.17. The molecule has 5 heteroatoms. The van der Waals surface area contributed by atoms with Crippen LogP contribution in [0.1, 0.15) is 23.1 Å². The van der Waals surface area contributed by atoms with Crippen molar-refractivity contribution in [3.63, 3.8) is 0 Å². The predicted octanol–water partition coefficient (Wildman–Crippen LogP) is 2.00. The number of carboxylic acid groups (broad SMARTS) is 1. The van der Waals surface area contributed by atoms with Crippen LogP contribution in [0.2, 0.25) is 0 Å². The largest absolute Gasteiger partial charge is 0.478 e. The zero-order valence-electron chi connectivity index (χ0n) is 8.67. The highest BCUT2D eigenvalue weighted by molar-refractivity contribution is 5.88. The third-order valence-electron chi connectivity index (χ3n) is 2.16. The summed E-state index contributed by atoms with van der Waals surface area (Å²) < 4.78 is 5.03. The standard InChI is InChI=1S/C11H10N2O3/c1-2-9-12-10(16-13-9)7-3-5-8(6-4-7)11(14)15/h3-6H,2H2,1H3,(H,14,15).